The fraction of sp³-hybridized carbons (Fsp3) is 0.323. The van der Waals surface area contributed by atoms with E-state index in [4.69, 9.17) is 4.74 Å². The van der Waals surface area contributed by atoms with Crippen molar-refractivity contribution in [3.8, 4) is 10.4 Å². The van der Waals surface area contributed by atoms with Crippen molar-refractivity contribution in [2.75, 3.05) is 6.54 Å². The molecule has 39 heavy (non-hydrogen) atoms. The summed E-state index contributed by atoms with van der Waals surface area (Å²) < 4.78 is 9.75. The van der Waals surface area contributed by atoms with Gasteiger partial charge in [0, 0.05) is 52.5 Å². The molecule has 8 heteroatoms. The fourth-order valence-corrected chi connectivity index (χ4v) is 5.79. The SMILES string of the molecule is CCn1c2ccc(CN(CCn3cc(C=O)cn3)C(=O)OC(C)(C)C)cc2c2ccc(-c3cc(C)cs3)cc21. The molecule has 2 aromatic carbocycles. The molecular weight excluding hydrogens is 508 g/mol. The lowest BCUT2D eigenvalue weighted by molar-refractivity contribution is 0.0225. The Labute approximate surface area is 232 Å². The molecule has 202 valence electrons. The van der Waals surface area contributed by atoms with Crippen LogP contribution in [-0.4, -0.2) is 43.8 Å². The summed E-state index contributed by atoms with van der Waals surface area (Å²) in [5, 5.41) is 8.78. The molecule has 0 fully saturated rings. The van der Waals surface area contributed by atoms with Gasteiger partial charge in [0.25, 0.3) is 0 Å². The molecule has 5 rings (SSSR count). The molecule has 0 N–H and O–H groups in total. The molecule has 0 radical (unpaired) electrons. The van der Waals surface area contributed by atoms with Crippen molar-refractivity contribution in [3.63, 3.8) is 0 Å². The second-order valence-electron chi connectivity index (χ2n) is 10.9. The third-order valence-corrected chi connectivity index (χ3v) is 7.77. The van der Waals surface area contributed by atoms with Gasteiger partial charge in [0.2, 0.25) is 0 Å². The summed E-state index contributed by atoms with van der Waals surface area (Å²) in [6.07, 6.45) is 3.59. The summed E-state index contributed by atoms with van der Waals surface area (Å²) in [6, 6.07) is 15.4. The molecule has 0 unspecified atom stereocenters. The molecule has 0 saturated heterocycles. The predicted molar refractivity (Wildman–Crippen MR) is 157 cm³/mol. The minimum Gasteiger partial charge on any atom is -0.444 e. The third kappa shape index (κ3) is 5.76. The fourth-order valence-electron chi connectivity index (χ4n) is 4.89. The van der Waals surface area contributed by atoms with E-state index in [0.29, 0.717) is 25.2 Å². The van der Waals surface area contributed by atoms with Gasteiger partial charge in [0.1, 0.15) is 5.60 Å². The Hall–Kier alpha value is -3.91. The van der Waals surface area contributed by atoms with Crippen LogP contribution in [0.2, 0.25) is 0 Å². The molecule has 0 atom stereocenters. The van der Waals surface area contributed by atoms with Crippen LogP contribution in [0.4, 0.5) is 4.79 Å². The number of rotatable bonds is 8. The van der Waals surface area contributed by atoms with Crippen LogP contribution in [-0.2, 0) is 24.4 Å². The largest absolute Gasteiger partial charge is 0.444 e. The normalized spacial score (nSPS) is 11.8. The lowest BCUT2D eigenvalue weighted by Crippen LogP contribution is -2.38. The van der Waals surface area contributed by atoms with Crippen LogP contribution in [0, 0.1) is 6.92 Å². The topological polar surface area (TPSA) is 69.4 Å². The Morgan fingerprint density at radius 3 is 2.59 bits per heavy atom. The molecule has 0 aliphatic carbocycles. The quantitative estimate of drug-likeness (QED) is 0.193. The van der Waals surface area contributed by atoms with Crippen LogP contribution in [0.1, 0.15) is 49.2 Å². The molecule has 1 amide bonds. The minimum atomic E-state index is -0.608. The maximum atomic E-state index is 13.2. The van der Waals surface area contributed by atoms with Gasteiger partial charge in [-0.05, 0) is 81.0 Å². The Balaban J connectivity index is 1.47. The zero-order chi connectivity index (χ0) is 27.7. The van der Waals surface area contributed by atoms with Crippen LogP contribution in [0.3, 0.4) is 0 Å². The van der Waals surface area contributed by atoms with E-state index in [-0.39, 0.29) is 6.09 Å². The summed E-state index contributed by atoms with van der Waals surface area (Å²) in [5.74, 6) is 0. The van der Waals surface area contributed by atoms with Gasteiger partial charge in [-0.2, -0.15) is 5.10 Å². The number of ether oxygens (including phenoxy) is 1. The maximum absolute atomic E-state index is 13.2. The lowest BCUT2D eigenvalue weighted by atomic mass is 10.1. The van der Waals surface area contributed by atoms with Gasteiger partial charge in [-0.3, -0.25) is 9.48 Å². The van der Waals surface area contributed by atoms with E-state index in [1.165, 1.54) is 44.0 Å². The highest BCUT2D eigenvalue weighted by Gasteiger charge is 2.23. The van der Waals surface area contributed by atoms with Crippen LogP contribution in [0.15, 0.2) is 60.2 Å². The van der Waals surface area contributed by atoms with E-state index in [2.05, 4.69) is 71.4 Å². The van der Waals surface area contributed by atoms with Crippen molar-refractivity contribution in [1.29, 1.82) is 0 Å². The third-order valence-electron chi connectivity index (χ3n) is 6.68. The highest BCUT2D eigenvalue weighted by atomic mass is 32.1. The zero-order valence-corrected chi connectivity index (χ0v) is 23.9. The molecule has 0 spiro atoms. The van der Waals surface area contributed by atoms with Crippen molar-refractivity contribution < 1.29 is 14.3 Å². The van der Waals surface area contributed by atoms with Crippen molar-refractivity contribution in [3.05, 3.63) is 76.9 Å². The Morgan fingerprint density at radius 2 is 1.92 bits per heavy atom. The molecule has 3 aromatic heterocycles. The number of amides is 1. The average molecular weight is 543 g/mol. The number of fused-ring (bicyclic) bond motifs is 3. The van der Waals surface area contributed by atoms with E-state index in [1.807, 2.05) is 20.8 Å². The summed E-state index contributed by atoms with van der Waals surface area (Å²) in [5.41, 5.74) is 5.82. The standard InChI is InChI=1S/C31H34N4O3S/c1-6-35-27-10-7-22(14-26(27)25-9-8-24(15-28(25)35)29-13-21(2)20-39-29)17-33(30(37)38-31(3,4)5)11-12-34-18-23(19-36)16-32-34/h7-10,13-16,18-20H,6,11-12,17H2,1-5H3. The first-order chi connectivity index (χ1) is 18.6. The minimum absolute atomic E-state index is 0.378. The molecule has 7 nitrogen and oxygen atoms in total. The predicted octanol–water partition coefficient (Wildman–Crippen LogP) is 7.30. The summed E-state index contributed by atoms with van der Waals surface area (Å²) in [7, 11) is 0. The van der Waals surface area contributed by atoms with Gasteiger partial charge in [0.05, 0.1) is 18.3 Å². The highest BCUT2D eigenvalue weighted by molar-refractivity contribution is 7.13. The highest BCUT2D eigenvalue weighted by Crippen LogP contribution is 2.35. The molecule has 3 heterocycles. The lowest BCUT2D eigenvalue weighted by Gasteiger charge is -2.27. The van der Waals surface area contributed by atoms with Crippen molar-refractivity contribution in [2.24, 2.45) is 0 Å². The molecule has 0 aliphatic rings. The van der Waals surface area contributed by atoms with Gasteiger partial charge >= 0.3 is 6.09 Å². The van der Waals surface area contributed by atoms with Crippen LogP contribution >= 0.6 is 11.3 Å². The van der Waals surface area contributed by atoms with Crippen molar-refractivity contribution in [1.82, 2.24) is 19.2 Å². The average Bonchev–Trinajstić information content (AvgIpc) is 3.62. The Kier molecular flexibility index (Phi) is 7.32. The van der Waals surface area contributed by atoms with Crippen LogP contribution in [0.5, 0.6) is 0 Å². The van der Waals surface area contributed by atoms with Crippen molar-refractivity contribution >= 4 is 45.5 Å². The number of thiophene rings is 1. The first-order valence-corrected chi connectivity index (χ1v) is 14.1. The first kappa shape index (κ1) is 26.7. The van der Waals surface area contributed by atoms with E-state index < -0.39 is 5.60 Å². The molecular formula is C31H34N4O3S. The van der Waals surface area contributed by atoms with Crippen LogP contribution < -0.4 is 0 Å². The Bertz CT molecular complexity index is 1650. The monoisotopic (exact) mass is 542 g/mol. The summed E-state index contributed by atoms with van der Waals surface area (Å²) in [6.45, 7) is 12.0. The molecule has 5 aromatic rings. The first-order valence-electron chi connectivity index (χ1n) is 13.2. The number of carbonyl (C=O) groups is 2. The molecule has 0 saturated carbocycles. The van der Waals surface area contributed by atoms with Gasteiger partial charge in [-0.15, -0.1) is 11.3 Å². The number of hydrogen-bond donors (Lipinski definition) is 0. The molecule has 0 bridgehead atoms. The van der Waals surface area contributed by atoms with Gasteiger partial charge in [-0.1, -0.05) is 18.2 Å². The molecule has 0 aliphatic heterocycles. The van der Waals surface area contributed by atoms with Gasteiger partial charge in [-0.25, -0.2) is 4.79 Å². The second kappa shape index (κ2) is 10.7. The number of aromatic nitrogens is 3. The number of aldehydes is 1. The van der Waals surface area contributed by atoms with E-state index in [0.717, 1.165) is 18.4 Å². The zero-order valence-electron chi connectivity index (χ0n) is 23.1. The number of benzene rings is 2. The summed E-state index contributed by atoms with van der Waals surface area (Å²) >= 11 is 1.77. The second-order valence-corrected chi connectivity index (χ2v) is 11.8. The Morgan fingerprint density at radius 1 is 1.10 bits per heavy atom. The van der Waals surface area contributed by atoms with E-state index in [9.17, 15) is 9.59 Å². The van der Waals surface area contributed by atoms with Crippen LogP contribution in [0.25, 0.3) is 32.2 Å². The van der Waals surface area contributed by atoms with E-state index >= 15 is 0 Å². The number of carbonyl (C=O) groups excluding carboxylic acids is 2. The van der Waals surface area contributed by atoms with Crippen molar-refractivity contribution in [2.45, 2.75) is 59.9 Å². The number of aryl methyl sites for hydroxylation is 2. The number of hydrogen-bond acceptors (Lipinski definition) is 5. The smallest absolute Gasteiger partial charge is 0.410 e. The van der Waals surface area contributed by atoms with E-state index in [1.54, 1.807) is 27.1 Å². The number of nitrogens with zero attached hydrogens (tertiary/aromatic N) is 4. The summed E-state index contributed by atoms with van der Waals surface area (Å²) in [4.78, 5) is 27.2. The van der Waals surface area contributed by atoms with Gasteiger partial charge in [0.15, 0.2) is 6.29 Å². The maximum Gasteiger partial charge on any atom is 0.410 e. The van der Waals surface area contributed by atoms with Gasteiger partial charge < -0.3 is 14.2 Å².